The van der Waals surface area contributed by atoms with Gasteiger partial charge < -0.3 is 0 Å². The molecule has 68 valence electrons. The Labute approximate surface area is 80.1 Å². The fraction of sp³-hybridized carbons (Fsp3) is 0.636. The Morgan fingerprint density at radius 2 is 2.17 bits per heavy atom. The van der Waals surface area contributed by atoms with E-state index in [0.29, 0.717) is 0 Å². The summed E-state index contributed by atoms with van der Waals surface area (Å²) >= 11 is 2.10. The highest BCUT2D eigenvalue weighted by Crippen LogP contribution is 2.30. The molecule has 0 N–H and O–H groups in total. The monoisotopic (exact) mass is 182 g/mol. The summed E-state index contributed by atoms with van der Waals surface area (Å²) < 4.78 is 0. The van der Waals surface area contributed by atoms with E-state index in [1.54, 1.807) is 0 Å². The van der Waals surface area contributed by atoms with Gasteiger partial charge in [0.25, 0.3) is 0 Å². The molecule has 1 fully saturated rings. The molecule has 1 heteroatoms. The highest BCUT2D eigenvalue weighted by Gasteiger charge is 2.14. The molecule has 0 amide bonds. The lowest BCUT2D eigenvalue weighted by molar-refractivity contribution is 0.886. The first-order valence-electron chi connectivity index (χ1n) is 4.76. The van der Waals surface area contributed by atoms with E-state index in [9.17, 15) is 0 Å². The van der Waals surface area contributed by atoms with E-state index in [-0.39, 0.29) is 0 Å². The van der Waals surface area contributed by atoms with Crippen LogP contribution in [0.4, 0.5) is 0 Å². The molecule has 0 aromatic rings. The van der Waals surface area contributed by atoms with Crippen LogP contribution in [0.5, 0.6) is 0 Å². The van der Waals surface area contributed by atoms with Crippen molar-refractivity contribution >= 4 is 11.8 Å². The zero-order chi connectivity index (χ0) is 8.81. The molecular weight excluding hydrogens is 164 g/mol. The van der Waals surface area contributed by atoms with Crippen molar-refractivity contribution in [2.45, 2.75) is 37.9 Å². The lowest BCUT2D eigenvalue weighted by atomic mass is 10.3. The van der Waals surface area contributed by atoms with E-state index in [4.69, 9.17) is 0 Å². The summed E-state index contributed by atoms with van der Waals surface area (Å²) in [6, 6.07) is 0. The van der Waals surface area contributed by atoms with E-state index >= 15 is 0 Å². The van der Waals surface area contributed by atoms with Crippen LogP contribution in [0.1, 0.15) is 32.6 Å². The second-order valence-electron chi connectivity index (χ2n) is 3.29. The van der Waals surface area contributed by atoms with Crippen LogP contribution in [-0.2, 0) is 0 Å². The van der Waals surface area contributed by atoms with Gasteiger partial charge in [0.05, 0.1) is 0 Å². The van der Waals surface area contributed by atoms with E-state index in [0.717, 1.165) is 11.0 Å². The Balaban J connectivity index is 2.19. The maximum Gasteiger partial charge on any atom is 0.0183 e. The summed E-state index contributed by atoms with van der Waals surface area (Å²) in [5, 5.41) is 0.930. The molecule has 0 nitrogen and oxygen atoms in total. The minimum absolute atomic E-state index is 0.930. The maximum atomic E-state index is 3.80. The number of hydrogen-bond donors (Lipinski definition) is 0. The Morgan fingerprint density at radius 3 is 2.67 bits per heavy atom. The van der Waals surface area contributed by atoms with Crippen molar-refractivity contribution in [1.82, 2.24) is 0 Å². The third kappa shape index (κ3) is 3.06. The van der Waals surface area contributed by atoms with Gasteiger partial charge in [0, 0.05) is 11.0 Å². The summed E-state index contributed by atoms with van der Waals surface area (Å²) in [5.74, 6) is 1.16. The Kier molecular flexibility index (Phi) is 4.52. The van der Waals surface area contributed by atoms with Crippen molar-refractivity contribution in [1.29, 1.82) is 0 Å². The van der Waals surface area contributed by atoms with E-state index in [2.05, 4.69) is 31.3 Å². The predicted molar refractivity (Wildman–Crippen MR) is 58.7 cm³/mol. The number of allylic oxidation sites excluding steroid dienone is 2. The van der Waals surface area contributed by atoms with Gasteiger partial charge in [0.2, 0.25) is 0 Å². The summed E-state index contributed by atoms with van der Waals surface area (Å²) in [7, 11) is 0. The molecule has 0 atom stereocenters. The predicted octanol–water partition coefficient (Wildman–Crippen LogP) is 3.79. The third-order valence-electron chi connectivity index (χ3n) is 2.42. The van der Waals surface area contributed by atoms with Crippen LogP contribution >= 0.6 is 11.8 Å². The van der Waals surface area contributed by atoms with Crippen molar-refractivity contribution in [3.8, 4) is 0 Å². The Hall–Kier alpha value is -0.170. The van der Waals surface area contributed by atoms with Crippen LogP contribution in [-0.4, -0.2) is 11.0 Å². The number of thioether (sulfide) groups is 1. The van der Waals surface area contributed by atoms with Gasteiger partial charge in [-0.15, -0.1) is 0 Å². The average molecular weight is 182 g/mol. The molecule has 1 aliphatic rings. The molecule has 0 saturated heterocycles. The van der Waals surface area contributed by atoms with Crippen LogP contribution in [0.15, 0.2) is 24.3 Å². The largest absolute Gasteiger partial charge is 0.154 e. The lowest BCUT2D eigenvalue weighted by Gasteiger charge is -2.08. The van der Waals surface area contributed by atoms with Crippen molar-refractivity contribution in [2.75, 3.05) is 5.75 Å². The van der Waals surface area contributed by atoms with Crippen molar-refractivity contribution in [3.05, 3.63) is 24.3 Å². The molecule has 12 heavy (non-hydrogen) atoms. The number of rotatable bonds is 4. The van der Waals surface area contributed by atoms with Gasteiger partial charge in [-0.25, -0.2) is 0 Å². The molecule has 0 aliphatic heterocycles. The van der Waals surface area contributed by atoms with Gasteiger partial charge in [-0.2, -0.15) is 11.8 Å². The maximum absolute atomic E-state index is 3.80. The summed E-state index contributed by atoms with van der Waals surface area (Å²) in [5.41, 5.74) is 1.38. The van der Waals surface area contributed by atoms with Crippen molar-refractivity contribution < 1.29 is 0 Å². The molecule has 0 spiro atoms. The van der Waals surface area contributed by atoms with Crippen LogP contribution in [0.2, 0.25) is 0 Å². The summed E-state index contributed by atoms with van der Waals surface area (Å²) in [4.78, 5) is 0. The molecule has 0 heterocycles. The lowest BCUT2D eigenvalue weighted by Crippen LogP contribution is -1.96. The molecule has 1 rings (SSSR count). The average Bonchev–Trinajstić information content (AvgIpc) is 2.59. The quantitative estimate of drug-likeness (QED) is 0.596. The second-order valence-corrected chi connectivity index (χ2v) is 4.57. The fourth-order valence-corrected chi connectivity index (χ4v) is 2.91. The summed E-state index contributed by atoms with van der Waals surface area (Å²) in [6.07, 6.45) is 9.88. The highest BCUT2D eigenvalue weighted by atomic mass is 32.2. The normalized spacial score (nSPS) is 19.9. The molecule has 0 aromatic carbocycles. The standard InChI is InChI=1S/C11H18S/c1-3-10(4-2)9-12-11-7-5-6-8-11/h3-4,11H,1,5-9H2,2H3/b10-4+. The van der Waals surface area contributed by atoms with Crippen LogP contribution < -0.4 is 0 Å². The zero-order valence-corrected chi connectivity index (χ0v) is 8.70. The molecular formula is C11H18S. The SMILES string of the molecule is C=C/C(=C\C)CSC1CCCC1. The van der Waals surface area contributed by atoms with Gasteiger partial charge in [-0.3, -0.25) is 0 Å². The first kappa shape index (κ1) is 9.91. The number of hydrogen-bond acceptors (Lipinski definition) is 1. The van der Waals surface area contributed by atoms with Gasteiger partial charge >= 0.3 is 0 Å². The molecule has 0 radical (unpaired) electrons. The summed E-state index contributed by atoms with van der Waals surface area (Å²) in [6.45, 7) is 5.88. The minimum atomic E-state index is 0.930. The minimum Gasteiger partial charge on any atom is -0.154 e. The van der Waals surface area contributed by atoms with Gasteiger partial charge in [-0.05, 0) is 25.3 Å². The van der Waals surface area contributed by atoms with Gasteiger partial charge in [-0.1, -0.05) is 31.6 Å². The zero-order valence-electron chi connectivity index (χ0n) is 7.88. The third-order valence-corrected chi connectivity index (χ3v) is 3.86. The first-order valence-corrected chi connectivity index (χ1v) is 5.81. The first-order chi connectivity index (χ1) is 5.86. The molecule has 1 aliphatic carbocycles. The fourth-order valence-electron chi connectivity index (χ4n) is 1.53. The molecule has 0 aromatic heterocycles. The Morgan fingerprint density at radius 1 is 1.50 bits per heavy atom. The topological polar surface area (TPSA) is 0 Å². The Bertz CT molecular complexity index is 164. The van der Waals surface area contributed by atoms with Crippen LogP contribution in [0, 0.1) is 0 Å². The van der Waals surface area contributed by atoms with Crippen molar-refractivity contribution in [2.24, 2.45) is 0 Å². The molecule has 1 saturated carbocycles. The molecule has 0 unspecified atom stereocenters. The van der Waals surface area contributed by atoms with Crippen LogP contribution in [0.3, 0.4) is 0 Å². The van der Waals surface area contributed by atoms with E-state index in [1.165, 1.54) is 31.3 Å². The van der Waals surface area contributed by atoms with Gasteiger partial charge in [0.15, 0.2) is 0 Å². The smallest absolute Gasteiger partial charge is 0.0183 e. The molecule has 0 bridgehead atoms. The highest BCUT2D eigenvalue weighted by molar-refractivity contribution is 8.00. The van der Waals surface area contributed by atoms with E-state index in [1.807, 2.05) is 6.08 Å². The van der Waals surface area contributed by atoms with Crippen LogP contribution in [0.25, 0.3) is 0 Å². The van der Waals surface area contributed by atoms with Crippen molar-refractivity contribution in [3.63, 3.8) is 0 Å². The van der Waals surface area contributed by atoms with E-state index < -0.39 is 0 Å². The van der Waals surface area contributed by atoms with Gasteiger partial charge in [0.1, 0.15) is 0 Å². The second kappa shape index (κ2) is 5.47.